The fraction of sp³-hybridized carbons (Fsp3) is 0.545. The summed E-state index contributed by atoms with van der Waals surface area (Å²) in [4.78, 5) is 14.0. The highest BCUT2D eigenvalue weighted by Gasteiger charge is 2.19. The number of nitrogens with zero attached hydrogens (tertiary/aromatic N) is 1. The summed E-state index contributed by atoms with van der Waals surface area (Å²) in [5.41, 5.74) is 0.738. The van der Waals surface area contributed by atoms with Gasteiger partial charge in [-0.2, -0.15) is 0 Å². The number of thiophene rings is 1. The first-order valence-electron chi connectivity index (χ1n) is 5.10. The highest BCUT2D eigenvalue weighted by molar-refractivity contribution is 9.11. The maximum absolute atomic E-state index is 12.2. The predicted molar refractivity (Wildman–Crippen MR) is 70.1 cm³/mol. The fourth-order valence-electron chi connectivity index (χ4n) is 1.37. The first-order chi connectivity index (χ1) is 7.56. The molecule has 1 aromatic rings. The molecule has 0 aliphatic heterocycles. The number of hydrogen-bond acceptors (Lipinski definition) is 3. The Morgan fingerprint density at radius 3 is 2.75 bits per heavy atom. The second-order valence-corrected chi connectivity index (χ2v) is 6.02. The van der Waals surface area contributed by atoms with Crippen molar-refractivity contribution < 1.29 is 9.53 Å². The van der Waals surface area contributed by atoms with Gasteiger partial charge >= 0.3 is 0 Å². The number of carbonyl (C=O) groups is 1. The maximum Gasteiger partial charge on any atom is 0.255 e. The fourth-order valence-corrected chi connectivity index (χ4v) is 2.50. The van der Waals surface area contributed by atoms with Gasteiger partial charge in [-0.3, -0.25) is 4.79 Å². The quantitative estimate of drug-likeness (QED) is 0.837. The molecule has 0 aliphatic rings. The summed E-state index contributed by atoms with van der Waals surface area (Å²) in [6.07, 6.45) is 0. The molecule has 0 saturated carbocycles. The third kappa shape index (κ3) is 3.57. The van der Waals surface area contributed by atoms with Crippen LogP contribution in [0.15, 0.2) is 15.2 Å². The first-order valence-corrected chi connectivity index (χ1v) is 6.77. The highest BCUT2D eigenvalue weighted by atomic mass is 79.9. The third-order valence-corrected chi connectivity index (χ3v) is 3.74. The average Bonchev–Trinajstić information content (AvgIpc) is 2.64. The summed E-state index contributed by atoms with van der Waals surface area (Å²) in [6.45, 7) is 5.21. The van der Waals surface area contributed by atoms with Crippen LogP contribution in [0.25, 0.3) is 0 Å². The Morgan fingerprint density at radius 2 is 2.31 bits per heavy atom. The van der Waals surface area contributed by atoms with Crippen molar-refractivity contribution >= 4 is 33.2 Å². The van der Waals surface area contributed by atoms with Crippen molar-refractivity contribution in [3.05, 3.63) is 20.8 Å². The molecule has 0 fully saturated rings. The minimum absolute atomic E-state index is 0.0639. The van der Waals surface area contributed by atoms with Crippen LogP contribution in [0, 0.1) is 0 Å². The Labute approximate surface area is 109 Å². The van der Waals surface area contributed by atoms with Crippen molar-refractivity contribution in [2.75, 3.05) is 20.3 Å². The monoisotopic (exact) mass is 305 g/mol. The van der Waals surface area contributed by atoms with E-state index in [0.29, 0.717) is 13.2 Å². The molecule has 5 heteroatoms. The zero-order valence-electron chi connectivity index (χ0n) is 9.70. The largest absolute Gasteiger partial charge is 0.383 e. The van der Waals surface area contributed by atoms with Crippen molar-refractivity contribution in [2.24, 2.45) is 0 Å². The predicted octanol–water partition coefficient (Wildman–Crippen LogP) is 3.01. The summed E-state index contributed by atoms with van der Waals surface area (Å²) < 4.78 is 5.99. The van der Waals surface area contributed by atoms with Gasteiger partial charge in [0.25, 0.3) is 5.91 Å². The molecule has 3 nitrogen and oxygen atoms in total. The molecule has 1 amide bonds. The molecule has 0 unspecified atom stereocenters. The molecular weight excluding hydrogens is 290 g/mol. The zero-order valence-corrected chi connectivity index (χ0v) is 12.1. The van der Waals surface area contributed by atoms with Crippen molar-refractivity contribution in [1.82, 2.24) is 4.90 Å². The van der Waals surface area contributed by atoms with E-state index in [-0.39, 0.29) is 11.9 Å². The summed E-state index contributed by atoms with van der Waals surface area (Å²) in [5.74, 6) is 0.0639. The highest BCUT2D eigenvalue weighted by Crippen LogP contribution is 2.22. The number of amides is 1. The number of ether oxygens (including phenoxy) is 1. The molecule has 0 atom stereocenters. The number of halogens is 1. The van der Waals surface area contributed by atoms with Gasteiger partial charge in [0.2, 0.25) is 0 Å². The van der Waals surface area contributed by atoms with Crippen LogP contribution in [0.4, 0.5) is 0 Å². The van der Waals surface area contributed by atoms with E-state index in [1.165, 1.54) is 11.3 Å². The van der Waals surface area contributed by atoms with Crippen LogP contribution in [-0.2, 0) is 4.74 Å². The van der Waals surface area contributed by atoms with Gasteiger partial charge in [0.1, 0.15) is 0 Å². The SMILES string of the molecule is COCCN(C(=O)c1csc(Br)c1)C(C)C. The third-order valence-electron chi connectivity index (χ3n) is 2.23. The van der Waals surface area contributed by atoms with E-state index < -0.39 is 0 Å². The lowest BCUT2D eigenvalue weighted by atomic mass is 10.2. The zero-order chi connectivity index (χ0) is 12.1. The number of carbonyl (C=O) groups excluding carboxylic acids is 1. The van der Waals surface area contributed by atoms with Crippen LogP contribution in [-0.4, -0.2) is 37.1 Å². The van der Waals surface area contributed by atoms with Crippen LogP contribution in [0.2, 0.25) is 0 Å². The summed E-state index contributed by atoms with van der Waals surface area (Å²) in [6, 6.07) is 2.04. The van der Waals surface area contributed by atoms with Gasteiger partial charge in [0, 0.05) is 25.1 Å². The molecule has 0 spiro atoms. The Bertz CT molecular complexity index is 352. The Hall–Kier alpha value is -0.390. The maximum atomic E-state index is 12.2. The van der Waals surface area contributed by atoms with Crippen LogP contribution in [0.5, 0.6) is 0 Å². The minimum atomic E-state index is 0.0639. The van der Waals surface area contributed by atoms with Crippen molar-refractivity contribution in [3.63, 3.8) is 0 Å². The van der Waals surface area contributed by atoms with E-state index in [4.69, 9.17) is 4.74 Å². The molecule has 90 valence electrons. The van der Waals surface area contributed by atoms with Crippen LogP contribution >= 0.6 is 27.3 Å². The molecule has 0 aromatic carbocycles. The van der Waals surface area contributed by atoms with Crippen LogP contribution in [0.3, 0.4) is 0 Å². The second kappa shape index (κ2) is 6.37. The van der Waals surface area contributed by atoms with Crippen molar-refractivity contribution in [2.45, 2.75) is 19.9 Å². The van der Waals surface area contributed by atoms with Gasteiger partial charge in [0.05, 0.1) is 16.0 Å². The van der Waals surface area contributed by atoms with Gasteiger partial charge in [-0.25, -0.2) is 0 Å². The van der Waals surface area contributed by atoms with Gasteiger partial charge in [-0.1, -0.05) is 0 Å². The molecule has 1 aromatic heterocycles. The molecule has 0 N–H and O–H groups in total. The molecular formula is C11H16BrNO2S. The molecule has 1 heterocycles. The van der Waals surface area contributed by atoms with E-state index in [9.17, 15) is 4.79 Å². The van der Waals surface area contributed by atoms with E-state index in [2.05, 4.69) is 15.9 Å². The summed E-state index contributed by atoms with van der Waals surface area (Å²) in [5, 5.41) is 1.87. The van der Waals surface area contributed by atoms with Crippen LogP contribution < -0.4 is 0 Å². The summed E-state index contributed by atoms with van der Waals surface area (Å²) in [7, 11) is 1.64. The van der Waals surface area contributed by atoms with Gasteiger partial charge in [-0.05, 0) is 35.8 Å². The Balaban J connectivity index is 2.74. The van der Waals surface area contributed by atoms with E-state index >= 15 is 0 Å². The van der Waals surface area contributed by atoms with Gasteiger partial charge < -0.3 is 9.64 Å². The molecule has 0 aliphatic carbocycles. The van der Waals surface area contributed by atoms with Crippen molar-refractivity contribution in [1.29, 1.82) is 0 Å². The Kier molecular flexibility index (Phi) is 5.44. The topological polar surface area (TPSA) is 29.5 Å². The van der Waals surface area contributed by atoms with Crippen LogP contribution in [0.1, 0.15) is 24.2 Å². The smallest absolute Gasteiger partial charge is 0.255 e. The molecule has 16 heavy (non-hydrogen) atoms. The summed E-state index contributed by atoms with van der Waals surface area (Å²) >= 11 is 4.89. The molecule has 0 saturated heterocycles. The number of rotatable bonds is 5. The van der Waals surface area contributed by atoms with Gasteiger partial charge in [-0.15, -0.1) is 11.3 Å². The normalized spacial score (nSPS) is 10.8. The lowest BCUT2D eigenvalue weighted by Crippen LogP contribution is -2.39. The molecule has 0 radical (unpaired) electrons. The second-order valence-electron chi connectivity index (χ2n) is 3.72. The lowest BCUT2D eigenvalue weighted by molar-refractivity contribution is 0.0635. The number of hydrogen-bond donors (Lipinski definition) is 0. The van der Waals surface area contributed by atoms with Crippen molar-refractivity contribution in [3.8, 4) is 0 Å². The van der Waals surface area contributed by atoms with Gasteiger partial charge in [0.15, 0.2) is 0 Å². The van der Waals surface area contributed by atoms with E-state index in [1.54, 1.807) is 7.11 Å². The minimum Gasteiger partial charge on any atom is -0.383 e. The molecule has 0 bridgehead atoms. The first kappa shape index (κ1) is 13.7. The Morgan fingerprint density at radius 1 is 1.62 bits per heavy atom. The lowest BCUT2D eigenvalue weighted by Gasteiger charge is -2.26. The van der Waals surface area contributed by atoms with E-state index in [1.807, 2.05) is 30.2 Å². The van der Waals surface area contributed by atoms with E-state index in [0.717, 1.165) is 9.35 Å². The average molecular weight is 306 g/mol. The standard InChI is InChI=1S/C11H16BrNO2S/c1-8(2)13(4-5-15-3)11(14)9-6-10(12)16-7-9/h6-8H,4-5H2,1-3H3. The number of methoxy groups -OCH3 is 1. The molecule has 1 rings (SSSR count).